The van der Waals surface area contributed by atoms with E-state index in [1.807, 2.05) is 0 Å². The van der Waals surface area contributed by atoms with E-state index in [0.717, 1.165) is 22.3 Å². The molecule has 2 radical (unpaired) electrons. The van der Waals surface area contributed by atoms with Gasteiger partial charge < -0.3 is 0 Å². The monoisotopic (exact) mass is 297 g/mol. The maximum Gasteiger partial charge on any atom is 0.416 e. The summed E-state index contributed by atoms with van der Waals surface area (Å²) < 4.78 is 39.1. The highest BCUT2D eigenvalue weighted by molar-refractivity contribution is 6.40. The smallest absolute Gasteiger partial charge is 0.283 e. The molecule has 1 heterocycles. The lowest BCUT2D eigenvalue weighted by Crippen LogP contribution is -2.25. The van der Waals surface area contributed by atoms with Gasteiger partial charge in [-0.25, -0.2) is 0 Å². The topological polar surface area (TPSA) is 22.0 Å². The van der Waals surface area contributed by atoms with Gasteiger partial charge in [-0.2, -0.15) is 13.2 Å². The number of aromatic nitrogens is 1. The number of nitrogens with zero attached hydrogens (tertiary/aromatic N) is 1. The van der Waals surface area contributed by atoms with E-state index in [9.17, 15) is 18.0 Å². The lowest BCUT2D eigenvalue weighted by atomic mass is 9.91. The highest BCUT2D eigenvalue weighted by Gasteiger charge is 2.31. The molecular weight excluding hydrogens is 289 g/mol. The molecule has 0 spiro atoms. The molecule has 0 aliphatic heterocycles. The molecular formula is C13H8BClF3NO. The third-order valence-corrected chi connectivity index (χ3v) is 3.01. The van der Waals surface area contributed by atoms with Crippen LogP contribution in [0, 0.1) is 6.92 Å². The normalized spacial score (nSPS) is 11.7. The van der Waals surface area contributed by atoms with Crippen LogP contribution < -0.4 is 11.0 Å². The Hall–Kier alpha value is -1.69. The van der Waals surface area contributed by atoms with Gasteiger partial charge >= 0.3 is 6.18 Å². The molecule has 0 bridgehead atoms. The van der Waals surface area contributed by atoms with Crippen LogP contribution in [0.3, 0.4) is 0 Å². The second kappa shape index (κ2) is 5.02. The third-order valence-electron chi connectivity index (χ3n) is 2.72. The molecule has 0 amide bonds. The van der Waals surface area contributed by atoms with E-state index < -0.39 is 17.3 Å². The van der Waals surface area contributed by atoms with Crippen molar-refractivity contribution in [2.75, 3.05) is 0 Å². The molecule has 0 aliphatic rings. The summed E-state index contributed by atoms with van der Waals surface area (Å²) in [4.78, 5) is 11.8. The second-order valence-corrected chi connectivity index (χ2v) is 4.72. The maximum atomic E-state index is 12.6. The molecule has 1 aromatic heterocycles. The molecule has 20 heavy (non-hydrogen) atoms. The molecule has 2 aromatic rings. The summed E-state index contributed by atoms with van der Waals surface area (Å²) in [7, 11) is 5.63. The number of aryl methyl sites for hydroxylation is 1. The molecule has 7 heteroatoms. The number of pyridine rings is 1. The first-order valence-corrected chi connectivity index (χ1v) is 5.94. The highest BCUT2D eigenvalue weighted by atomic mass is 35.5. The van der Waals surface area contributed by atoms with Crippen LogP contribution in [0.2, 0.25) is 5.02 Å². The van der Waals surface area contributed by atoms with Crippen LogP contribution in [0.25, 0.3) is 5.69 Å². The van der Waals surface area contributed by atoms with Crippen LogP contribution in [-0.2, 0) is 6.18 Å². The van der Waals surface area contributed by atoms with Crippen molar-refractivity contribution in [3.05, 3.63) is 57.0 Å². The molecule has 0 N–H and O–H groups in total. The Kier molecular flexibility index (Phi) is 3.69. The SMILES string of the molecule is [B]c1cc(C(F)(F)F)cc(Cl)c1-n1cc(C)ccc1=O. The first kappa shape index (κ1) is 14.7. The van der Waals surface area contributed by atoms with Crippen LogP contribution in [0.5, 0.6) is 0 Å². The standard InChI is InChI=1S/C13H8BClF3NO/c1-7-2-3-11(20)19(6-7)12-9(14)4-8(5-10(12)15)13(16,17)18/h2-6H,1H3. The zero-order valence-corrected chi connectivity index (χ0v) is 11.1. The van der Waals surface area contributed by atoms with E-state index in [1.165, 1.54) is 12.3 Å². The minimum atomic E-state index is -4.55. The van der Waals surface area contributed by atoms with E-state index in [4.69, 9.17) is 19.4 Å². The highest BCUT2D eigenvalue weighted by Crippen LogP contribution is 2.31. The van der Waals surface area contributed by atoms with Gasteiger partial charge in [0.25, 0.3) is 5.56 Å². The Morgan fingerprint density at radius 2 is 1.90 bits per heavy atom. The number of benzene rings is 1. The fraction of sp³-hybridized carbons (Fsp3) is 0.154. The van der Waals surface area contributed by atoms with Gasteiger partial charge in [-0.15, -0.1) is 0 Å². The fourth-order valence-corrected chi connectivity index (χ4v) is 2.12. The van der Waals surface area contributed by atoms with Gasteiger partial charge in [-0.1, -0.05) is 29.2 Å². The summed E-state index contributed by atoms with van der Waals surface area (Å²) in [6.07, 6.45) is -3.08. The predicted molar refractivity (Wildman–Crippen MR) is 72.2 cm³/mol. The van der Waals surface area contributed by atoms with Crippen LogP contribution >= 0.6 is 11.6 Å². The summed E-state index contributed by atoms with van der Waals surface area (Å²) in [5.74, 6) is 0. The lowest BCUT2D eigenvalue weighted by Gasteiger charge is -2.15. The molecule has 0 aliphatic carbocycles. The van der Waals surface area contributed by atoms with Crippen LogP contribution in [0.1, 0.15) is 11.1 Å². The number of hydrogen-bond acceptors (Lipinski definition) is 1. The molecule has 0 fully saturated rings. The summed E-state index contributed by atoms with van der Waals surface area (Å²) in [6.45, 7) is 1.74. The summed E-state index contributed by atoms with van der Waals surface area (Å²) in [5.41, 5.74) is -0.792. The van der Waals surface area contributed by atoms with Gasteiger partial charge in [0, 0.05) is 12.3 Å². The Labute approximate surface area is 119 Å². The quantitative estimate of drug-likeness (QED) is 0.742. The van der Waals surface area contributed by atoms with Crippen molar-refractivity contribution in [3.8, 4) is 5.69 Å². The summed E-state index contributed by atoms with van der Waals surface area (Å²) in [5, 5.41) is -0.231. The molecule has 0 saturated carbocycles. The van der Waals surface area contributed by atoms with Gasteiger partial charge in [-0.05, 0) is 18.6 Å². The average molecular weight is 297 g/mol. The van der Waals surface area contributed by atoms with Gasteiger partial charge in [0.15, 0.2) is 0 Å². The van der Waals surface area contributed by atoms with Crippen LogP contribution in [0.4, 0.5) is 13.2 Å². The fourth-order valence-electron chi connectivity index (χ4n) is 1.81. The van der Waals surface area contributed by atoms with Crippen molar-refractivity contribution >= 4 is 24.9 Å². The summed E-state index contributed by atoms with van der Waals surface area (Å²) >= 11 is 5.86. The van der Waals surface area contributed by atoms with Crippen molar-refractivity contribution in [1.29, 1.82) is 0 Å². The van der Waals surface area contributed by atoms with Crippen molar-refractivity contribution < 1.29 is 13.2 Å². The van der Waals surface area contributed by atoms with E-state index in [0.29, 0.717) is 0 Å². The second-order valence-electron chi connectivity index (χ2n) is 4.31. The molecule has 1 aromatic carbocycles. The largest absolute Gasteiger partial charge is 0.416 e. The lowest BCUT2D eigenvalue weighted by molar-refractivity contribution is -0.137. The van der Waals surface area contributed by atoms with Crippen molar-refractivity contribution in [3.63, 3.8) is 0 Å². The molecule has 2 rings (SSSR count). The zero-order chi connectivity index (χ0) is 15.1. The zero-order valence-electron chi connectivity index (χ0n) is 10.3. The number of alkyl halides is 3. The number of rotatable bonds is 1. The van der Waals surface area contributed by atoms with E-state index in [-0.39, 0.29) is 16.2 Å². The van der Waals surface area contributed by atoms with Crippen LogP contribution in [0.15, 0.2) is 35.3 Å². The Bertz CT molecular complexity index is 701. The van der Waals surface area contributed by atoms with E-state index in [2.05, 4.69) is 0 Å². The van der Waals surface area contributed by atoms with Gasteiger partial charge in [0.1, 0.15) is 7.85 Å². The van der Waals surface area contributed by atoms with Crippen molar-refractivity contribution in [2.24, 2.45) is 0 Å². The van der Waals surface area contributed by atoms with E-state index >= 15 is 0 Å². The average Bonchev–Trinajstić information content (AvgIpc) is 2.31. The Morgan fingerprint density at radius 1 is 1.25 bits per heavy atom. The predicted octanol–water partition coefficient (Wildman–Crippen LogP) is 2.61. The molecule has 0 saturated heterocycles. The molecule has 102 valence electrons. The Morgan fingerprint density at radius 3 is 2.45 bits per heavy atom. The number of halogens is 4. The first-order chi connectivity index (χ1) is 9.20. The third kappa shape index (κ3) is 2.75. The van der Waals surface area contributed by atoms with Crippen molar-refractivity contribution in [2.45, 2.75) is 13.1 Å². The Balaban J connectivity index is 2.71. The minimum absolute atomic E-state index is 0.0494. The maximum absolute atomic E-state index is 12.6. The van der Waals surface area contributed by atoms with Gasteiger partial charge in [-0.3, -0.25) is 9.36 Å². The van der Waals surface area contributed by atoms with Crippen LogP contribution in [-0.4, -0.2) is 12.4 Å². The first-order valence-electron chi connectivity index (χ1n) is 5.56. The number of hydrogen-bond donors (Lipinski definition) is 0. The minimum Gasteiger partial charge on any atom is -0.283 e. The van der Waals surface area contributed by atoms with Crippen molar-refractivity contribution in [1.82, 2.24) is 4.57 Å². The summed E-state index contributed by atoms with van der Waals surface area (Å²) in [6, 6.07) is 4.40. The van der Waals surface area contributed by atoms with Gasteiger partial charge in [0.2, 0.25) is 0 Å². The van der Waals surface area contributed by atoms with Gasteiger partial charge in [0.05, 0.1) is 16.3 Å². The van der Waals surface area contributed by atoms with E-state index in [1.54, 1.807) is 13.0 Å². The molecule has 2 nitrogen and oxygen atoms in total. The molecule has 0 atom stereocenters. The molecule has 0 unspecified atom stereocenters.